The average molecular weight is 333 g/mol. The van der Waals surface area contributed by atoms with E-state index in [1.807, 2.05) is 16.7 Å². The molecule has 7 heteroatoms. The van der Waals surface area contributed by atoms with E-state index in [1.165, 1.54) is 25.7 Å². The predicted molar refractivity (Wildman–Crippen MR) is 87.1 cm³/mol. The molecule has 6 nitrogen and oxygen atoms in total. The highest BCUT2D eigenvalue weighted by atomic mass is 19.1. The van der Waals surface area contributed by atoms with Crippen LogP contribution in [0.3, 0.4) is 0 Å². The first-order chi connectivity index (χ1) is 11.7. The van der Waals surface area contributed by atoms with Gasteiger partial charge in [0, 0.05) is 24.2 Å². The van der Waals surface area contributed by atoms with Gasteiger partial charge in [-0.05, 0) is 25.0 Å². The first-order valence-corrected chi connectivity index (χ1v) is 8.02. The molecule has 24 heavy (non-hydrogen) atoms. The minimum absolute atomic E-state index is 0.0214. The number of fused-ring (bicyclic) bond motifs is 1. The van der Waals surface area contributed by atoms with Crippen LogP contribution in [0.1, 0.15) is 37.3 Å². The van der Waals surface area contributed by atoms with Crippen molar-refractivity contribution in [3.05, 3.63) is 42.1 Å². The van der Waals surface area contributed by atoms with Gasteiger partial charge >= 0.3 is 6.09 Å². The molecule has 0 atom stereocenters. The monoisotopic (exact) mass is 333 g/mol. The summed E-state index contributed by atoms with van der Waals surface area (Å²) in [4.78, 5) is 15.1. The van der Waals surface area contributed by atoms with Crippen LogP contribution in [0.15, 0.2) is 36.4 Å². The van der Waals surface area contributed by atoms with Crippen molar-refractivity contribution in [1.82, 2.24) is 14.7 Å². The van der Waals surface area contributed by atoms with Gasteiger partial charge in [-0.15, -0.1) is 0 Å². The van der Waals surface area contributed by atoms with Gasteiger partial charge in [0.15, 0.2) is 0 Å². The van der Waals surface area contributed by atoms with E-state index in [0.29, 0.717) is 18.0 Å². The average Bonchev–Trinajstić information content (AvgIpc) is 3.23. The Labute approximate surface area is 139 Å². The van der Waals surface area contributed by atoms with Gasteiger partial charge in [-0.1, -0.05) is 12.8 Å². The molecule has 1 aliphatic rings. The number of hydrogen-bond donors (Lipinski definition) is 2. The van der Waals surface area contributed by atoms with Crippen molar-refractivity contribution in [2.24, 2.45) is 0 Å². The van der Waals surface area contributed by atoms with Crippen molar-refractivity contribution in [3.63, 3.8) is 0 Å². The molecule has 0 radical (unpaired) electrons. The van der Waals surface area contributed by atoms with Crippen LogP contribution in [0.5, 0.6) is 5.75 Å². The Hall–Kier alpha value is -2.57. The Morgan fingerprint density at radius 1 is 1.42 bits per heavy atom. The number of ether oxygens (including phenoxy) is 1. The van der Waals surface area contributed by atoms with Crippen molar-refractivity contribution in [2.75, 3.05) is 13.2 Å². The lowest BCUT2D eigenvalue weighted by Crippen LogP contribution is -2.25. The van der Waals surface area contributed by atoms with Gasteiger partial charge < -0.3 is 19.6 Å². The molecule has 2 aromatic heterocycles. The Bertz CT molecular complexity index is 751. The summed E-state index contributed by atoms with van der Waals surface area (Å²) in [6.45, 7) is -0.128. The highest BCUT2D eigenvalue weighted by Gasteiger charge is 2.19. The van der Waals surface area contributed by atoms with Crippen molar-refractivity contribution < 1.29 is 19.0 Å². The summed E-state index contributed by atoms with van der Waals surface area (Å²) in [5.41, 5.74) is 2.19. The fourth-order valence-electron chi connectivity index (χ4n) is 2.98. The zero-order valence-corrected chi connectivity index (χ0v) is 13.2. The maximum atomic E-state index is 12.7. The molecule has 1 fully saturated rings. The Balaban J connectivity index is 1.65. The number of hydrogen-bond acceptors (Lipinski definition) is 3. The van der Waals surface area contributed by atoms with E-state index >= 15 is 0 Å². The Kier molecular flexibility index (Phi) is 4.98. The second-order valence-corrected chi connectivity index (χ2v) is 5.99. The molecule has 1 saturated carbocycles. The summed E-state index contributed by atoms with van der Waals surface area (Å²) in [6.07, 6.45) is 7.89. The SMILES string of the molecule is O=C(O)NCC(=CF)COc1ccc2nc(C3CCCC3)cn2c1. The minimum atomic E-state index is -1.20. The van der Waals surface area contributed by atoms with Gasteiger partial charge in [-0.25, -0.2) is 14.2 Å². The lowest BCUT2D eigenvalue weighted by atomic mass is 10.1. The number of carbonyl (C=O) groups is 1. The maximum absolute atomic E-state index is 12.7. The van der Waals surface area contributed by atoms with E-state index in [9.17, 15) is 9.18 Å². The van der Waals surface area contributed by atoms with Gasteiger partial charge in [-0.2, -0.15) is 0 Å². The molecule has 2 aromatic rings. The lowest BCUT2D eigenvalue weighted by molar-refractivity contribution is 0.195. The van der Waals surface area contributed by atoms with Crippen molar-refractivity contribution in [2.45, 2.75) is 31.6 Å². The third kappa shape index (κ3) is 3.84. The molecule has 2 N–H and O–H groups in total. The van der Waals surface area contributed by atoms with Crippen LogP contribution < -0.4 is 10.1 Å². The smallest absolute Gasteiger partial charge is 0.404 e. The third-order valence-electron chi connectivity index (χ3n) is 4.26. The van der Waals surface area contributed by atoms with Gasteiger partial charge in [0.1, 0.15) is 18.0 Å². The molecule has 2 heterocycles. The second-order valence-electron chi connectivity index (χ2n) is 5.99. The zero-order valence-electron chi connectivity index (χ0n) is 13.2. The van der Waals surface area contributed by atoms with Crippen molar-refractivity contribution in [3.8, 4) is 5.75 Å². The number of amides is 1. The molecule has 0 bridgehead atoms. The van der Waals surface area contributed by atoms with Gasteiger partial charge in [0.2, 0.25) is 0 Å². The second kappa shape index (κ2) is 7.33. The summed E-state index contributed by atoms with van der Waals surface area (Å²) in [5, 5.41) is 10.7. The van der Waals surface area contributed by atoms with E-state index in [4.69, 9.17) is 9.84 Å². The summed E-state index contributed by atoms with van der Waals surface area (Å²) in [7, 11) is 0. The summed E-state index contributed by atoms with van der Waals surface area (Å²) in [5.74, 6) is 1.12. The zero-order chi connectivity index (χ0) is 16.9. The normalized spacial score (nSPS) is 15.8. The quantitative estimate of drug-likeness (QED) is 0.848. The van der Waals surface area contributed by atoms with Crippen LogP contribution in [0.25, 0.3) is 5.65 Å². The molecule has 0 aromatic carbocycles. The van der Waals surface area contributed by atoms with Crippen LogP contribution in [0, 0.1) is 0 Å². The number of carboxylic acid groups (broad SMARTS) is 1. The number of aromatic nitrogens is 2. The molecule has 128 valence electrons. The van der Waals surface area contributed by atoms with E-state index < -0.39 is 6.09 Å². The van der Waals surface area contributed by atoms with E-state index in [-0.39, 0.29) is 18.7 Å². The van der Waals surface area contributed by atoms with Crippen LogP contribution in [0.4, 0.5) is 9.18 Å². The lowest BCUT2D eigenvalue weighted by Gasteiger charge is -2.09. The molecule has 3 rings (SSSR count). The molecule has 0 spiro atoms. The number of imidazole rings is 1. The number of rotatable bonds is 6. The van der Waals surface area contributed by atoms with Crippen LogP contribution in [-0.4, -0.2) is 33.7 Å². The van der Waals surface area contributed by atoms with Gasteiger partial charge in [-0.3, -0.25) is 0 Å². The number of nitrogens with zero attached hydrogens (tertiary/aromatic N) is 2. The largest absolute Gasteiger partial charge is 0.488 e. The Morgan fingerprint density at radius 3 is 2.92 bits per heavy atom. The predicted octanol–water partition coefficient (Wildman–Crippen LogP) is 3.49. The van der Waals surface area contributed by atoms with E-state index in [0.717, 1.165) is 11.3 Å². The molecule has 0 saturated heterocycles. The summed E-state index contributed by atoms with van der Waals surface area (Å²) >= 11 is 0. The molecule has 0 unspecified atom stereocenters. The van der Waals surface area contributed by atoms with E-state index in [2.05, 4.69) is 10.3 Å². The van der Waals surface area contributed by atoms with Gasteiger partial charge in [0.25, 0.3) is 0 Å². The van der Waals surface area contributed by atoms with E-state index in [1.54, 1.807) is 12.3 Å². The molecular formula is C17H20FN3O3. The highest BCUT2D eigenvalue weighted by Crippen LogP contribution is 2.33. The first kappa shape index (κ1) is 16.3. The maximum Gasteiger partial charge on any atom is 0.404 e. The standard InChI is InChI=1S/C17H20FN3O3/c18-7-12(8-19-17(22)23)11-24-14-5-6-16-20-15(10-21(16)9-14)13-3-1-2-4-13/h5-7,9-10,13,19H,1-4,8,11H2,(H,22,23). The number of nitrogens with one attached hydrogen (secondary N) is 1. The fourth-order valence-corrected chi connectivity index (χ4v) is 2.98. The first-order valence-electron chi connectivity index (χ1n) is 8.02. The molecule has 1 amide bonds. The molecule has 1 aliphatic carbocycles. The Morgan fingerprint density at radius 2 is 2.21 bits per heavy atom. The minimum Gasteiger partial charge on any atom is -0.488 e. The molecule has 0 aliphatic heterocycles. The van der Waals surface area contributed by atoms with Crippen LogP contribution in [-0.2, 0) is 0 Å². The number of halogens is 1. The molecular weight excluding hydrogens is 313 g/mol. The third-order valence-corrected chi connectivity index (χ3v) is 4.26. The van der Waals surface area contributed by atoms with Crippen molar-refractivity contribution >= 4 is 11.7 Å². The summed E-state index contributed by atoms with van der Waals surface area (Å²) < 4.78 is 20.2. The van der Waals surface area contributed by atoms with Crippen LogP contribution in [0.2, 0.25) is 0 Å². The fraction of sp³-hybridized carbons (Fsp3) is 0.412. The van der Waals surface area contributed by atoms with Crippen LogP contribution >= 0.6 is 0 Å². The highest BCUT2D eigenvalue weighted by molar-refractivity contribution is 5.64. The van der Waals surface area contributed by atoms with Gasteiger partial charge in [0.05, 0.1) is 18.2 Å². The van der Waals surface area contributed by atoms with Crippen molar-refractivity contribution in [1.29, 1.82) is 0 Å². The topological polar surface area (TPSA) is 75.9 Å². The summed E-state index contributed by atoms with van der Waals surface area (Å²) in [6, 6.07) is 3.64. The number of pyridine rings is 1.